The van der Waals surface area contributed by atoms with Crippen LogP contribution in [0.2, 0.25) is 0 Å². The second-order valence-electron chi connectivity index (χ2n) is 7.11. The zero-order chi connectivity index (χ0) is 21.3. The number of hydrogen-bond acceptors (Lipinski definition) is 11. The fourth-order valence-electron chi connectivity index (χ4n) is 3.39. The smallest absolute Gasteiger partial charge is 0.466 e. The highest BCUT2D eigenvalue weighted by Gasteiger charge is 2.48. The minimum absolute atomic E-state index is 0.0429. The molecule has 4 rings (SSSR count). The number of nitrogens with zero attached hydrogens (tertiary/aromatic N) is 4. The van der Waals surface area contributed by atoms with Crippen LogP contribution in [0.25, 0.3) is 11.2 Å². The maximum Gasteiger partial charge on any atom is 0.475 e. The number of imidazole rings is 1. The number of ether oxygens (including phenoxy) is 2. The van der Waals surface area contributed by atoms with Crippen LogP contribution in [0.15, 0.2) is 12.7 Å². The van der Waals surface area contributed by atoms with E-state index in [0.717, 1.165) is 0 Å². The van der Waals surface area contributed by atoms with Gasteiger partial charge in [-0.05, 0) is 13.3 Å². The summed E-state index contributed by atoms with van der Waals surface area (Å²) in [5.74, 6) is -0.421. The van der Waals surface area contributed by atoms with Crippen LogP contribution in [0.4, 0.5) is 5.82 Å². The number of hydrogen-bond donors (Lipinski definition) is 1. The maximum absolute atomic E-state index is 12.8. The number of nitrogens with two attached hydrogens (primary N) is 1. The van der Waals surface area contributed by atoms with Crippen molar-refractivity contribution in [3.63, 3.8) is 0 Å². The summed E-state index contributed by atoms with van der Waals surface area (Å²) < 4.78 is 41.8. The van der Waals surface area contributed by atoms with Crippen LogP contribution in [-0.4, -0.2) is 57.5 Å². The molecule has 0 saturated carbocycles. The molecular weight excluding hydrogens is 417 g/mol. The molecule has 0 spiro atoms. The van der Waals surface area contributed by atoms with Crippen LogP contribution in [0, 0.1) is 5.92 Å². The summed E-state index contributed by atoms with van der Waals surface area (Å²) in [5, 5.41) is 0. The predicted molar refractivity (Wildman–Crippen MR) is 103 cm³/mol. The van der Waals surface area contributed by atoms with Crippen molar-refractivity contribution in [3.05, 3.63) is 12.7 Å². The molecule has 2 N–H and O–H groups in total. The number of anilines is 1. The Bertz CT molecular complexity index is 969. The van der Waals surface area contributed by atoms with Gasteiger partial charge in [-0.3, -0.25) is 22.9 Å². The summed E-state index contributed by atoms with van der Waals surface area (Å²) in [6.45, 7) is 3.88. The molecule has 2 unspecified atom stereocenters. The average molecular weight is 441 g/mol. The maximum atomic E-state index is 12.8. The third kappa shape index (κ3) is 4.19. The first kappa shape index (κ1) is 21.1. The first-order valence-corrected chi connectivity index (χ1v) is 11.2. The highest BCUT2D eigenvalue weighted by Crippen LogP contribution is 2.56. The Morgan fingerprint density at radius 3 is 3.03 bits per heavy atom. The Kier molecular flexibility index (Phi) is 6.03. The van der Waals surface area contributed by atoms with E-state index < -0.39 is 26.3 Å². The molecule has 5 atom stereocenters. The summed E-state index contributed by atoms with van der Waals surface area (Å²) in [6, 6.07) is 0. The topological polar surface area (TPSA) is 150 Å². The van der Waals surface area contributed by atoms with E-state index in [2.05, 4.69) is 15.0 Å². The Hall–Kier alpha value is -2.11. The number of nitrogen functional groups attached to an aromatic ring is 1. The molecule has 2 aliphatic rings. The van der Waals surface area contributed by atoms with Gasteiger partial charge in [-0.25, -0.2) is 19.5 Å². The Morgan fingerprint density at radius 1 is 1.40 bits per heavy atom. The average Bonchev–Trinajstić information content (AvgIpc) is 3.32. The summed E-state index contributed by atoms with van der Waals surface area (Å²) in [5.41, 5.74) is 6.85. The highest BCUT2D eigenvalue weighted by atomic mass is 31.2. The zero-order valence-electron chi connectivity index (χ0n) is 16.7. The molecule has 13 heteroatoms. The van der Waals surface area contributed by atoms with Gasteiger partial charge in [0.05, 0.1) is 32.1 Å². The van der Waals surface area contributed by atoms with E-state index in [1.54, 1.807) is 24.7 Å². The number of carbonyl (C=O) groups is 1. The van der Waals surface area contributed by atoms with Gasteiger partial charge in [-0.1, -0.05) is 6.92 Å². The van der Waals surface area contributed by atoms with Gasteiger partial charge in [0.1, 0.15) is 30.3 Å². The van der Waals surface area contributed by atoms with E-state index in [4.69, 9.17) is 28.8 Å². The second-order valence-corrected chi connectivity index (χ2v) is 8.73. The molecule has 0 amide bonds. The van der Waals surface area contributed by atoms with Gasteiger partial charge in [0.25, 0.3) is 0 Å². The van der Waals surface area contributed by atoms with Crippen LogP contribution < -0.4 is 5.73 Å². The van der Waals surface area contributed by atoms with Crippen LogP contribution in [0.3, 0.4) is 0 Å². The molecule has 2 aromatic rings. The SMILES string of the molecule is CCOC(=O)C(C)CCOP1(=O)OC[C@@H]2O[C@H](n3cnc4c(N)ncnc43)C[C@H]2O1. The second kappa shape index (κ2) is 8.56. The van der Waals surface area contributed by atoms with Crippen molar-refractivity contribution in [2.75, 3.05) is 25.6 Å². The number of aromatic nitrogens is 4. The Morgan fingerprint density at radius 2 is 2.23 bits per heavy atom. The van der Waals surface area contributed by atoms with Crippen LogP contribution in [0.1, 0.15) is 32.9 Å². The van der Waals surface area contributed by atoms with Crippen molar-refractivity contribution in [1.29, 1.82) is 0 Å². The molecule has 0 bridgehead atoms. The standard InChI is InChI=1S/C17H24N5O7P/c1-3-25-17(23)10(2)4-5-26-30(24)27-7-12-11(29-30)6-13(28-12)22-9-21-14-15(18)19-8-20-16(14)22/h8-13H,3-7H2,1-2H3,(H2,18,19,20)/t10?,11-,12+,13+,30?/m1/s1. The van der Waals surface area contributed by atoms with E-state index in [9.17, 15) is 9.36 Å². The molecule has 12 nitrogen and oxygen atoms in total. The lowest BCUT2D eigenvalue weighted by atomic mass is 10.1. The van der Waals surface area contributed by atoms with Gasteiger partial charge in [-0.2, -0.15) is 0 Å². The minimum Gasteiger partial charge on any atom is -0.466 e. The molecule has 30 heavy (non-hydrogen) atoms. The normalized spacial score (nSPS) is 29.6. The third-order valence-electron chi connectivity index (χ3n) is 5.03. The van der Waals surface area contributed by atoms with Crippen molar-refractivity contribution in [2.24, 2.45) is 5.92 Å². The van der Waals surface area contributed by atoms with E-state index in [-0.39, 0.29) is 30.9 Å². The number of fused-ring (bicyclic) bond motifs is 2. The van der Waals surface area contributed by atoms with Crippen LogP contribution in [-0.2, 0) is 32.4 Å². The van der Waals surface area contributed by atoms with Crippen LogP contribution >= 0.6 is 7.82 Å². The third-order valence-corrected chi connectivity index (χ3v) is 6.52. The van der Waals surface area contributed by atoms with Gasteiger partial charge >= 0.3 is 13.8 Å². The number of rotatable bonds is 7. The molecule has 2 aliphatic heterocycles. The van der Waals surface area contributed by atoms with Crippen molar-refractivity contribution in [1.82, 2.24) is 19.5 Å². The Labute approximate surface area is 172 Å². The fourth-order valence-corrected chi connectivity index (χ4v) is 4.79. The predicted octanol–water partition coefficient (Wildman–Crippen LogP) is 1.83. The number of carbonyl (C=O) groups excluding carboxylic acids is 1. The molecule has 0 aromatic carbocycles. The monoisotopic (exact) mass is 441 g/mol. The van der Waals surface area contributed by atoms with Crippen molar-refractivity contribution >= 4 is 30.8 Å². The first-order chi connectivity index (χ1) is 14.4. The van der Waals surface area contributed by atoms with Gasteiger partial charge < -0.3 is 15.2 Å². The molecule has 2 fully saturated rings. The quantitative estimate of drug-likeness (QED) is 0.495. The highest BCUT2D eigenvalue weighted by molar-refractivity contribution is 7.48. The van der Waals surface area contributed by atoms with Gasteiger partial charge in [-0.15, -0.1) is 0 Å². The Balaban J connectivity index is 1.36. The lowest BCUT2D eigenvalue weighted by Crippen LogP contribution is -2.33. The van der Waals surface area contributed by atoms with Crippen LogP contribution in [0.5, 0.6) is 0 Å². The largest absolute Gasteiger partial charge is 0.475 e. The van der Waals surface area contributed by atoms with Gasteiger partial charge in [0.15, 0.2) is 11.5 Å². The van der Waals surface area contributed by atoms with Crippen molar-refractivity contribution in [3.8, 4) is 0 Å². The van der Waals surface area contributed by atoms with Crippen molar-refractivity contribution in [2.45, 2.75) is 45.1 Å². The molecule has 4 heterocycles. The first-order valence-electron chi connectivity index (χ1n) is 9.73. The van der Waals surface area contributed by atoms with E-state index >= 15 is 0 Å². The van der Waals surface area contributed by atoms with E-state index in [1.807, 2.05) is 0 Å². The van der Waals surface area contributed by atoms with Gasteiger partial charge in [0.2, 0.25) is 0 Å². The number of phosphoric ester groups is 1. The number of phosphoric acid groups is 1. The molecule has 2 aromatic heterocycles. The molecule has 0 aliphatic carbocycles. The molecular formula is C17H24N5O7P. The molecule has 164 valence electrons. The molecule has 0 radical (unpaired) electrons. The molecule has 2 saturated heterocycles. The van der Waals surface area contributed by atoms with E-state index in [0.29, 0.717) is 30.6 Å². The summed E-state index contributed by atoms with van der Waals surface area (Å²) in [4.78, 5) is 24.0. The summed E-state index contributed by atoms with van der Waals surface area (Å²) in [6.07, 6.45) is 2.37. The lowest BCUT2D eigenvalue weighted by molar-refractivity contribution is -0.147. The summed E-state index contributed by atoms with van der Waals surface area (Å²) in [7, 11) is -3.75. The minimum atomic E-state index is -3.75. The van der Waals surface area contributed by atoms with Gasteiger partial charge in [0, 0.05) is 6.42 Å². The summed E-state index contributed by atoms with van der Waals surface area (Å²) >= 11 is 0. The number of esters is 1. The fraction of sp³-hybridized carbons (Fsp3) is 0.647. The lowest BCUT2D eigenvalue weighted by Gasteiger charge is -2.29. The van der Waals surface area contributed by atoms with E-state index in [1.165, 1.54) is 6.33 Å². The van der Waals surface area contributed by atoms with Crippen molar-refractivity contribution < 1.29 is 32.4 Å². The zero-order valence-corrected chi connectivity index (χ0v) is 17.6.